The minimum Gasteiger partial charge on any atom is -0.497 e. The molecular formula is C25H36O7. The van der Waals surface area contributed by atoms with Crippen molar-refractivity contribution in [3.05, 3.63) is 42.0 Å². The number of carbonyl (C=O) groups excluding carboxylic acids is 1. The summed E-state index contributed by atoms with van der Waals surface area (Å²) in [4.78, 5) is 11.7. The Morgan fingerprint density at radius 2 is 1.94 bits per heavy atom. The summed E-state index contributed by atoms with van der Waals surface area (Å²) in [7, 11) is 1.65. The zero-order valence-corrected chi connectivity index (χ0v) is 20.0. The second kappa shape index (κ2) is 10.3. The maximum atomic E-state index is 11.7. The molecule has 3 rings (SSSR count). The third-order valence-corrected chi connectivity index (χ3v) is 5.95. The summed E-state index contributed by atoms with van der Waals surface area (Å²) in [6.45, 7) is 11.7. The number of benzene rings is 1. The van der Waals surface area contributed by atoms with Gasteiger partial charge in [0.1, 0.15) is 11.4 Å². The molecular weight excluding hydrogens is 412 g/mol. The Morgan fingerprint density at radius 1 is 1.22 bits per heavy atom. The highest BCUT2D eigenvalue weighted by molar-refractivity contribution is 5.82. The minimum atomic E-state index is -0.669. The van der Waals surface area contributed by atoms with Gasteiger partial charge in [-0.05, 0) is 51.5 Å². The van der Waals surface area contributed by atoms with Crippen LogP contribution in [-0.4, -0.2) is 56.5 Å². The average Bonchev–Trinajstić information content (AvgIpc) is 3.43. The number of epoxide rings is 1. The first-order valence-electron chi connectivity index (χ1n) is 11.2. The number of ether oxygens (including phenoxy) is 6. The molecule has 2 aliphatic heterocycles. The number of carbonyl (C=O) groups is 1. The van der Waals surface area contributed by atoms with Crippen molar-refractivity contribution in [1.82, 2.24) is 0 Å². The highest BCUT2D eigenvalue weighted by Gasteiger charge is 2.59. The second-order valence-electron chi connectivity index (χ2n) is 9.11. The molecule has 2 saturated heterocycles. The first-order chi connectivity index (χ1) is 15.2. The van der Waals surface area contributed by atoms with Crippen molar-refractivity contribution in [3.63, 3.8) is 0 Å². The van der Waals surface area contributed by atoms with Crippen LogP contribution in [0.5, 0.6) is 5.75 Å². The monoisotopic (exact) mass is 448 g/mol. The van der Waals surface area contributed by atoms with Crippen LogP contribution >= 0.6 is 0 Å². The molecule has 7 heteroatoms. The number of esters is 1. The van der Waals surface area contributed by atoms with Crippen LogP contribution in [0.25, 0.3) is 0 Å². The van der Waals surface area contributed by atoms with Gasteiger partial charge in [0.05, 0.1) is 45.7 Å². The maximum absolute atomic E-state index is 11.7. The lowest BCUT2D eigenvalue weighted by Gasteiger charge is -2.43. The van der Waals surface area contributed by atoms with Gasteiger partial charge in [0.25, 0.3) is 0 Å². The zero-order chi connectivity index (χ0) is 23.4. The van der Waals surface area contributed by atoms with E-state index in [0.717, 1.165) is 11.3 Å². The van der Waals surface area contributed by atoms with Crippen LogP contribution < -0.4 is 4.74 Å². The Labute approximate surface area is 191 Å². The van der Waals surface area contributed by atoms with Crippen LogP contribution in [0, 0.1) is 11.8 Å². The van der Waals surface area contributed by atoms with Gasteiger partial charge < -0.3 is 28.4 Å². The van der Waals surface area contributed by atoms with Gasteiger partial charge in [-0.15, -0.1) is 0 Å². The molecule has 0 amide bonds. The van der Waals surface area contributed by atoms with E-state index in [4.69, 9.17) is 28.4 Å². The molecule has 2 heterocycles. The minimum absolute atomic E-state index is 0.0273. The standard InChI is InChI=1S/C25H36O7/c1-7-29-21(26)12-13-25(5)23(32-25)20-16-30-24(3,4)31-22(20)17(2)14-28-15-18-8-10-19(27-6)11-9-18/h8-13,17,20,22-23H,7,14-16H2,1-6H3/b13-12-/t17-,20+,22-,23+,25+/m1/s1. The third-order valence-electron chi connectivity index (χ3n) is 5.95. The number of methoxy groups -OCH3 is 1. The van der Waals surface area contributed by atoms with Gasteiger partial charge in [-0.25, -0.2) is 4.79 Å². The van der Waals surface area contributed by atoms with Gasteiger partial charge in [0, 0.05) is 17.9 Å². The van der Waals surface area contributed by atoms with E-state index < -0.39 is 11.4 Å². The van der Waals surface area contributed by atoms with E-state index in [9.17, 15) is 4.79 Å². The number of rotatable bonds is 10. The summed E-state index contributed by atoms with van der Waals surface area (Å²) in [5.74, 6) is -0.0509. The highest BCUT2D eigenvalue weighted by Crippen LogP contribution is 2.47. The van der Waals surface area contributed by atoms with Crippen LogP contribution in [0.2, 0.25) is 0 Å². The van der Waals surface area contributed by atoms with Gasteiger partial charge in [0.15, 0.2) is 5.79 Å². The summed E-state index contributed by atoms with van der Waals surface area (Å²) in [6, 6.07) is 7.86. The smallest absolute Gasteiger partial charge is 0.330 e. The lowest BCUT2D eigenvalue weighted by atomic mass is 9.84. The molecule has 1 aromatic carbocycles. The van der Waals surface area contributed by atoms with Gasteiger partial charge in [-0.2, -0.15) is 0 Å². The topological polar surface area (TPSA) is 75.8 Å². The molecule has 0 aliphatic carbocycles. The maximum Gasteiger partial charge on any atom is 0.330 e. The van der Waals surface area contributed by atoms with E-state index in [0.29, 0.717) is 26.4 Å². The van der Waals surface area contributed by atoms with E-state index in [2.05, 4.69) is 6.92 Å². The molecule has 0 bridgehead atoms. The van der Waals surface area contributed by atoms with Crippen LogP contribution in [-0.2, 0) is 35.1 Å². The first kappa shape index (κ1) is 24.7. The van der Waals surface area contributed by atoms with E-state index in [-0.39, 0.29) is 30.0 Å². The van der Waals surface area contributed by atoms with Crippen molar-refractivity contribution in [2.24, 2.45) is 11.8 Å². The molecule has 0 unspecified atom stereocenters. The predicted molar refractivity (Wildman–Crippen MR) is 119 cm³/mol. The molecule has 1 aromatic rings. The van der Waals surface area contributed by atoms with Crippen LogP contribution in [0.1, 0.15) is 40.2 Å². The summed E-state index contributed by atoms with van der Waals surface area (Å²) in [5.41, 5.74) is 0.554. The molecule has 32 heavy (non-hydrogen) atoms. The van der Waals surface area contributed by atoms with Gasteiger partial charge in [-0.3, -0.25) is 0 Å². The fourth-order valence-electron chi connectivity index (χ4n) is 4.13. The SMILES string of the molecule is CCOC(=O)/C=C\[C@]1(C)O[C@H]1[C@H]1COC(C)(C)O[C@@H]1[C@H](C)COCc1ccc(OC)cc1. The molecule has 178 valence electrons. The molecule has 0 saturated carbocycles. The Hall–Kier alpha value is -1.93. The van der Waals surface area contributed by atoms with Gasteiger partial charge in [0.2, 0.25) is 0 Å². The van der Waals surface area contributed by atoms with Gasteiger partial charge >= 0.3 is 5.97 Å². The highest BCUT2D eigenvalue weighted by atomic mass is 16.7. The van der Waals surface area contributed by atoms with Crippen LogP contribution in [0.4, 0.5) is 0 Å². The summed E-state index contributed by atoms with van der Waals surface area (Å²) in [6.07, 6.45) is 3.02. The van der Waals surface area contributed by atoms with Crippen molar-refractivity contribution in [2.45, 2.75) is 64.8 Å². The molecule has 2 fully saturated rings. The Kier molecular flexibility index (Phi) is 7.98. The molecule has 0 aromatic heterocycles. The van der Waals surface area contributed by atoms with E-state index >= 15 is 0 Å². The van der Waals surface area contributed by atoms with Crippen molar-refractivity contribution in [3.8, 4) is 5.75 Å². The molecule has 0 radical (unpaired) electrons. The number of hydrogen-bond acceptors (Lipinski definition) is 7. The molecule has 2 aliphatic rings. The third kappa shape index (κ3) is 6.32. The van der Waals surface area contributed by atoms with Crippen molar-refractivity contribution >= 4 is 5.97 Å². The molecule has 0 N–H and O–H groups in total. The van der Waals surface area contributed by atoms with Crippen molar-refractivity contribution in [1.29, 1.82) is 0 Å². The van der Waals surface area contributed by atoms with Crippen LogP contribution in [0.3, 0.4) is 0 Å². The fraction of sp³-hybridized carbons (Fsp3) is 0.640. The second-order valence-corrected chi connectivity index (χ2v) is 9.11. The number of hydrogen-bond donors (Lipinski definition) is 0. The molecule has 0 spiro atoms. The fourth-order valence-corrected chi connectivity index (χ4v) is 4.13. The quantitative estimate of drug-likeness (QED) is 0.305. The normalized spacial score (nSPS) is 30.1. The van der Waals surface area contributed by atoms with Crippen LogP contribution in [0.15, 0.2) is 36.4 Å². The van der Waals surface area contributed by atoms with Crippen molar-refractivity contribution in [2.75, 3.05) is 26.9 Å². The summed E-state index contributed by atoms with van der Waals surface area (Å²) in [5, 5.41) is 0. The van der Waals surface area contributed by atoms with Gasteiger partial charge in [-0.1, -0.05) is 19.1 Å². The predicted octanol–water partition coefficient (Wildman–Crippen LogP) is 3.89. The largest absolute Gasteiger partial charge is 0.497 e. The van der Waals surface area contributed by atoms with E-state index in [1.165, 1.54) is 6.08 Å². The lowest BCUT2D eigenvalue weighted by molar-refractivity contribution is -0.305. The molecule has 7 nitrogen and oxygen atoms in total. The van der Waals surface area contributed by atoms with Crippen molar-refractivity contribution < 1.29 is 33.2 Å². The average molecular weight is 449 g/mol. The molecule has 5 atom stereocenters. The van der Waals surface area contributed by atoms with E-state index in [1.54, 1.807) is 20.1 Å². The van der Waals surface area contributed by atoms with E-state index in [1.807, 2.05) is 45.0 Å². The first-order valence-corrected chi connectivity index (χ1v) is 11.2. The Bertz CT molecular complexity index is 788. The Balaban J connectivity index is 1.59. The Morgan fingerprint density at radius 3 is 2.59 bits per heavy atom. The zero-order valence-electron chi connectivity index (χ0n) is 20.0. The summed E-state index contributed by atoms with van der Waals surface area (Å²) >= 11 is 0. The lowest BCUT2D eigenvalue weighted by Crippen LogP contribution is -2.51. The summed E-state index contributed by atoms with van der Waals surface area (Å²) < 4.78 is 34.5.